The van der Waals surface area contributed by atoms with E-state index in [-0.39, 0.29) is 11.3 Å². The molecule has 1 aliphatic rings. The lowest BCUT2D eigenvalue weighted by Gasteiger charge is -2.11. The van der Waals surface area contributed by atoms with E-state index in [4.69, 9.17) is 0 Å². The summed E-state index contributed by atoms with van der Waals surface area (Å²) in [5.74, 6) is -1.22. The first-order valence-corrected chi connectivity index (χ1v) is 5.62. The lowest BCUT2D eigenvalue weighted by Crippen LogP contribution is -2.19. The number of carbonyl (C=O) groups excluding carboxylic acids is 2. The Morgan fingerprint density at radius 1 is 1.00 bits per heavy atom. The molecule has 0 saturated heterocycles. The summed E-state index contributed by atoms with van der Waals surface area (Å²) >= 11 is 0. The van der Waals surface area contributed by atoms with Gasteiger partial charge in [0.25, 0.3) is 0 Å². The van der Waals surface area contributed by atoms with E-state index in [0.29, 0.717) is 0 Å². The molecule has 19 heavy (non-hydrogen) atoms. The van der Waals surface area contributed by atoms with Crippen LogP contribution in [0.2, 0.25) is 0 Å². The molecule has 1 aliphatic heterocycles. The van der Waals surface area contributed by atoms with E-state index in [1.54, 1.807) is 6.08 Å². The third-order valence-corrected chi connectivity index (χ3v) is 2.71. The van der Waals surface area contributed by atoms with Crippen molar-refractivity contribution in [2.24, 2.45) is 0 Å². The van der Waals surface area contributed by atoms with E-state index in [1.807, 2.05) is 24.3 Å². The zero-order chi connectivity index (χ0) is 13.8. The maximum absolute atomic E-state index is 11.8. The van der Waals surface area contributed by atoms with Crippen molar-refractivity contribution in [1.29, 1.82) is 0 Å². The molecule has 1 heterocycles. The van der Waals surface area contributed by atoms with Gasteiger partial charge < -0.3 is 14.8 Å². The van der Waals surface area contributed by atoms with Crippen LogP contribution in [-0.2, 0) is 19.1 Å². The van der Waals surface area contributed by atoms with Gasteiger partial charge in [-0.05, 0) is 17.7 Å². The Morgan fingerprint density at radius 2 is 1.68 bits per heavy atom. The van der Waals surface area contributed by atoms with Crippen molar-refractivity contribution >= 4 is 23.7 Å². The number of nitrogens with one attached hydrogen (secondary N) is 1. The Labute approximate surface area is 110 Å². The van der Waals surface area contributed by atoms with Crippen LogP contribution in [0.3, 0.4) is 0 Å². The number of fused-ring (bicyclic) bond motifs is 1. The first kappa shape index (κ1) is 12.9. The SMILES string of the molecule is COC(=O)C1=C(C(=O)OC)Nc2ccccc2C=C1. The van der Waals surface area contributed by atoms with Crippen molar-refractivity contribution in [1.82, 2.24) is 0 Å². The fraction of sp³-hybridized carbons (Fsp3) is 0.143. The molecule has 0 unspecified atom stereocenters. The Hall–Kier alpha value is -2.56. The molecule has 1 aromatic rings. The van der Waals surface area contributed by atoms with Crippen molar-refractivity contribution in [3.63, 3.8) is 0 Å². The smallest absolute Gasteiger partial charge is 0.355 e. The Bertz CT molecular complexity index is 587. The molecule has 1 aromatic carbocycles. The minimum Gasteiger partial charge on any atom is -0.465 e. The number of methoxy groups -OCH3 is 2. The topological polar surface area (TPSA) is 64.6 Å². The van der Waals surface area contributed by atoms with Crippen LogP contribution in [0, 0.1) is 0 Å². The molecule has 1 N–H and O–H groups in total. The minimum atomic E-state index is -0.623. The van der Waals surface area contributed by atoms with Gasteiger partial charge in [0.15, 0.2) is 0 Å². The fourth-order valence-electron chi connectivity index (χ4n) is 1.76. The molecule has 0 saturated carbocycles. The predicted molar refractivity (Wildman–Crippen MR) is 70.2 cm³/mol. The van der Waals surface area contributed by atoms with Gasteiger partial charge >= 0.3 is 11.9 Å². The summed E-state index contributed by atoms with van der Waals surface area (Å²) in [6.07, 6.45) is 3.28. The Kier molecular flexibility index (Phi) is 3.66. The molecule has 0 amide bonds. The summed E-state index contributed by atoms with van der Waals surface area (Å²) in [6.45, 7) is 0. The maximum atomic E-state index is 11.8. The van der Waals surface area contributed by atoms with Crippen LogP contribution in [-0.4, -0.2) is 26.2 Å². The van der Waals surface area contributed by atoms with Crippen LogP contribution in [0.15, 0.2) is 41.6 Å². The van der Waals surface area contributed by atoms with Gasteiger partial charge in [0.05, 0.1) is 19.8 Å². The first-order chi connectivity index (χ1) is 9.17. The zero-order valence-corrected chi connectivity index (χ0v) is 10.6. The third-order valence-electron chi connectivity index (χ3n) is 2.71. The van der Waals surface area contributed by atoms with Crippen LogP contribution >= 0.6 is 0 Å². The van der Waals surface area contributed by atoms with Gasteiger partial charge in [-0.25, -0.2) is 9.59 Å². The van der Waals surface area contributed by atoms with Crippen LogP contribution < -0.4 is 5.32 Å². The van der Waals surface area contributed by atoms with Gasteiger partial charge in [-0.3, -0.25) is 0 Å². The van der Waals surface area contributed by atoms with Crippen molar-refractivity contribution in [2.75, 3.05) is 19.5 Å². The Morgan fingerprint density at radius 3 is 2.37 bits per heavy atom. The number of anilines is 1. The molecule has 0 fully saturated rings. The van der Waals surface area contributed by atoms with E-state index >= 15 is 0 Å². The zero-order valence-electron chi connectivity index (χ0n) is 10.6. The summed E-state index contributed by atoms with van der Waals surface area (Å²) in [4.78, 5) is 23.5. The van der Waals surface area contributed by atoms with Gasteiger partial charge in [0.1, 0.15) is 5.70 Å². The number of ether oxygens (including phenoxy) is 2. The van der Waals surface area contributed by atoms with E-state index in [9.17, 15) is 9.59 Å². The van der Waals surface area contributed by atoms with Crippen molar-refractivity contribution in [2.45, 2.75) is 0 Å². The molecule has 0 aliphatic carbocycles. The maximum Gasteiger partial charge on any atom is 0.355 e. The second-order valence-corrected chi connectivity index (χ2v) is 3.82. The average molecular weight is 259 g/mol. The minimum absolute atomic E-state index is 0.0653. The first-order valence-electron chi connectivity index (χ1n) is 5.62. The quantitative estimate of drug-likeness (QED) is 0.819. The van der Waals surface area contributed by atoms with Gasteiger partial charge in [0.2, 0.25) is 0 Å². The molecule has 0 aromatic heterocycles. The standard InChI is InChI=1S/C14H13NO4/c1-18-13(16)10-8-7-9-5-3-4-6-11(9)15-12(10)14(17)19-2/h3-8,15H,1-2H3. The van der Waals surface area contributed by atoms with Crippen molar-refractivity contribution in [3.8, 4) is 0 Å². The number of benzene rings is 1. The molecule has 0 spiro atoms. The van der Waals surface area contributed by atoms with E-state index in [2.05, 4.69) is 14.8 Å². The lowest BCUT2D eigenvalue weighted by atomic mass is 10.1. The summed E-state index contributed by atoms with van der Waals surface area (Å²) < 4.78 is 9.36. The second kappa shape index (κ2) is 5.39. The molecule has 5 nitrogen and oxygen atoms in total. The lowest BCUT2D eigenvalue weighted by molar-refractivity contribution is -0.138. The molecule has 0 atom stereocenters. The van der Waals surface area contributed by atoms with Crippen LogP contribution in [0.1, 0.15) is 5.56 Å². The largest absolute Gasteiger partial charge is 0.465 e. The summed E-state index contributed by atoms with van der Waals surface area (Å²) in [5, 5.41) is 2.92. The number of hydrogen-bond donors (Lipinski definition) is 1. The highest BCUT2D eigenvalue weighted by Gasteiger charge is 2.23. The van der Waals surface area contributed by atoms with E-state index < -0.39 is 11.9 Å². The summed E-state index contributed by atoms with van der Waals surface area (Å²) in [6, 6.07) is 7.38. The van der Waals surface area contributed by atoms with Crippen molar-refractivity contribution < 1.29 is 19.1 Å². The van der Waals surface area contributed by atoms with Gasteiger partial charge in [-0.2, -0.15) is 0 Å². The van der Waals surface area contributed by atoms with E-state index in [0.717, 1.165) is 11.3 Å². The highest BCUT2D eigenvalue weighted by molar-refractivity contribution is 6.06. The Balaban J connectivity index is 2.54. The van der Waals surface area contributed by atoms with Crippen molar-refractivity contribution in [3.05, 3.63) is 47.2 Å². The number of rotatable bonds is 2. The average Bonchev–Trinajstić information content (AvgIpc) is 2.65. The number of carbonyl (C=O) groups is 2. The van der Waals surface area contributed by atoms with Gasteiger partial charge in [0, 0.05) is 5.69 Å². The number of para-hydroxylation sites is 1. The second-order valence-electron chi connectivity index (χ2n) is 3.82. The van der Waals surface area contributed by atoms with Crippen LogP contribution in [0.25, 0.3) is 6.08 Å². The summed E-state index contributed by atoms with van der Waals surface area (Å²) in [5.41, 5.74) is 1.78. The van der Waals surface area contributed by atoms with Crippen LogP contribution in [0.4, 0.5) is 5.69 Å². The number of esters is 2. The summed E-state index contributed by atoms with van der Waals surface area (Å²) in [7, 11) is 2.52. The molecule has 2 rings (SSSR count). The molecule has 0 bridgehead atoms. The highest BCUT2D eigenvalue weighted by atomic mass is 16.5. The predicted octanol–water partition coefficient (Wildman–Crippen LogP) is 1.73. The number of hydrogen-bond acceptors (Lipinski definition) is 5. The molecular formula is C14H13NO4. The van der Waals surface area contributed by atoms with E-state index in [1.165, 1.54) is 20.3 Å². The third kappa shape index (κ3) is 2.49. The molecule has 0 radical (unpaired) electrons. The van der Waals surface area contributed by atoms with Gasteiger partial charge in [-0.15, -0.1) is 0 Å². The van der Waals surface area contributed by atoms with Gasteiger partial charge in [-0.1, -0.05) is 24.3 Å². The monoisotopic (exact) mass is 259 g/mol. The molecular weight excluding hydrogens is 246 g/mol. The highest BCUT2D eigenvalue weighted by Crippen LogP contribution is 2.25. The molecule has 98 valence electrons. The normalized spacial score (nSPS) is 13.2. The fourth-order valence-corrected chi connectivity index (χ4v) is 1.76. The van der Waals surface area contributed by atoms with Crippen LogP contribution in [0.5, 0.6) is 0 Å². The molecule has 5 heteroatoms.